The molecule has 0 aromatic heterocycles. The van der Waals surface area contributed by atoms with Crippen molar-refractivity contribution in [2.75, 3.05) is 18.9 Å². The molecule has 2 rings (SSSR count). The van der Waals surface area contributed by atoms with Gasteiger partial charge in [0.2, 0.25) is 0 Å². The Morgan fingerprint density at radius 3 is 1.95 bits per heavy atom. The summed E-state index contributed by atoms with van der Waals surface area (Å²) in [4.78, 5) is 2.72. The van der Waals surface area contributed by atoms with Gasteiger partial charge in [0.05, 0.1) is 0 Å². The monoisotopic (exact) mass is 329 g/mol. The molecule has 0 aromatic carbocycles. The SMILES string of the molecule is CN(CC1(CBr)CCCCCC1)C1CCCCCC1. The van der Waals surface area contributed by atoms with Gasteiger partial charge in [-0.2, -0.15) is 0 Å². The Morgan fingerprint density at radius 1 is 0.895 bits per heavy atom. The van der Waals surface area contributed by atoms with Crippen LogP contribution in [0.25, 0.3) is 0 Å². The average molecular weight is 330 g/mol. The molecule has 0 aromatic rings. The zero-order chi connectivity index (χ0) is 13.6. The van der Waals surface area contributed by atoms with E-state index in [1.807, 2.05) is 0 Å². The van der Waals surface area contributed by atoms with Crippen molar-refractivity contribution < 1.29 is 0 Å². The number of nitrogens with zero attached hydrogens (tertiary/aromatic N) is 1. The molecule has 0 unspecified atom stereocenters. The van der Waals surface area contributed by atoms with Crippen LogP contribution in [0.1, 0.15) is 77.0 Å². The van der Waals surface area contributed by atoms with E-state index < -0.39 is 0 Å². The van der Waals surface area contributed by atoms with Gasteiger partial charge >= 0.3 is 0 Å². The maximum Gasteiger partial charge on any atom is 0.0100 e. The highest BCUT2D eigenvalue weighted by atomic mass is 79.9. The number of rotatable bonds is 4. The molecule has 2 saturated carbocycles. The van der Waals surface area contributed by atoms with Crippen LogP contribution >= 0.6 is 15.9 Å². The lowest BCUT2D eigenvalue weighted by Crippen LogP contribution is -2.42. The van der Waals surface area contributed by atoms with Crippen molar-refractivity contribution >= 4 is 15.9 Å². The summed E-state index contributed by atoms with van der Waals surface area (Å²) in [5.74, 6) is 0. The number of halogens is 1. The number of alkyl halides is 1. The van der Waals surface area contributed by atoms with Crippen LogP contribution in [0.15, 0.2) is 0 Å². The van der Waals surface area contributed by atoms with Gasteiger partial charge in [-0.05, 0) is 38.1 Å². The molecular weight excluding hydrogens is 298 g/mol. The van der Waals surface area contributed by atoms with Crippen molar-refractivity contribution in [3.63, 3.8) is 0 Å². The van der Waals surface area contributed by atoms with Gasteiger partial charge in [-0.1, -0.05) is 67.3 Å². The quantitative estimate of drug-likeness (QED) is 0.494. The normalized spacial score (nSPS) is 26.1. The van der Waals surface area contributed by atoms with Gasteiger partial charge < -0.3 is 4.90 Å². The molecule has 0 bridgehead atoms. The van der Waals surface area contributed by atoms with E-state index in [1.54, 1.807) is 0 Å². The van der Waals surface area contributed by atoms with Crippen LogP contribution < -0.4 is 0 Å². The van der Waals surface area contributed by atoms with Crippen LogP contribution in [0.5, 0.6) is 0 Å². The fourth-order valence-electron chi connectivity index (χ4n) is 4.17. The Kier molecular flexibility index (Phi) is 6.68. The van der Waals surface area contributed by atoms with Gasteiger partial charge in [-0.15, -0.1) is 0 Å². The summed E-state index contributed by atoms with van der Waals surface area (Å²) in [6.07, 6.45) is 17.4. The number of hydrogen-bond acceptors (Lipinski definition) is 1. The molecule has 0 heterocycles. The van der Waals surface area contributed by atoms with Crippen LogP contribution in [0.3, 0.4) is 0 Å². The highest BCUT2D eigenvalue weighted by Crippen LogP contribution is 2.38. The summed E-state index contributed by atoms with van der Waals surface area (Å²) < 4.78 is 0. The Balaban J connectivity index is 1.91. The smallest absolute Gasteiger partial charge is 0.0100 e. The standard InChI is InChI=1S/C17H32BrN/c1-19(16-10-6-2-3-7-11-16)15-17(14-18)12-8-4-5-9-13-17/h16H,2-15H2,1H3. The third kappa shape index (κ3) is 4.74. The minimum absolute atomic E-state index is 0.567. The van der Waals surface area contributed by atoms with Gasteiger partial charge in [0.25, 0.3) is 0 Å². The van der Waals surface area contributed by atoms with Gasteiger partial charge in [0.15, 0.2) is 0 Å². The molecule has 2 fully saturated rings. The van der Waals surface area contributed by atoms with Crippen LogP contribution in [0.2, 0.25) is 0 Å². The molecule has 0 amide bonds. The van der Waals surface area contributed by atoms with Gasteiger partial charge in [0.1, 0.15) is 0 Å². The summed E-state index contributed by atoms with van der Waals surface area (Å²) in [7, 11) is 2.39. The van der Waals surface area contributed by atoms with Crippen molar-refractivity contribution in [1.29, 1.82) is 0 Å². The zero-order valence-corrected chi connectivity index (χ0v) is 14.4. The van der Waals surface area contributed by atoms with E-state index in [4.69, 9.17) is 0 Å². The Labute approximate surface area is 128 Å². The first-order valence-electron chi connectivity index (χ1n) is 8.52. The molecule has 0 aliphatic heterocycles. The zero-order valence-electron chi connectivity index (χ0n) is 12.8. The second-order valence-corrected chi connectivity index (χ2v) is 7.67. The predicted octanol–water partition coefficient (Wildman–Crippen LogP) is 5.38. The predicted molar refractivity (Wildman–Crippen MR) is 88.0 cm³/mol. The molecule has 0 saturated heterocycles. The van der Waals surface area contributed by atoms with Crippen molar-refractivity contribution in [3.8, 4) is 0 Å². The first-order chi connectivity index (χ1) is 9.26. The van der Waals surface area contributed by atoms with Crippen molar-refractivity contribution in [2.24, 2.45) is 5.41 Å². The molecule has 112 valence electrons. The van der Waals surface area contributed by atoms with E-state index in [9.17, 15) is 0 Å². The second-order valence-electron chi connectivity index (χ2n) is 7.11. The number of hydrogen-bond donors (Lipinski definition) is 0. The van der Waals surface area contributed by atoms with E-state index in [2.05, 4.69) is 27.9 Å². The first-order valence-corrected chi connectivity index (χ1v) is 9.64. The Hall–Kier alpha value is 0.440. The molecule has 0 spiro atoms. The average Bonchev–Trinajstić information content (AvgIpc) is 2.81. The summed E-state index contributed by atoms with van der Waals surface area (Å²) in [6.45, 7) is 1.32. The molecule has 0 N–H and O–H groups in total. The third-order valence-corrected chi connectivity index (χ3v) is 6.67. The maximum atomic E-state index is 3.84. The topological polar surface area (TPSA) is 3.24 Å². The molecule has 2 heteroatoms. The van der Waals surface area contributed by atoms with E-state index in [-0.39, 0.29) is 0 Å². The van der Waals surface area contributed by atoms with Crippen molar-refractivity contribution in [2.45, 2.75) is 83.1 Å². The van der Waals surface area contributed by atoms with E-state index >= 15 is 0 Å². The molecule has 0 atom stereocenters. The summed E-state index contributed by atoms with van der Waals surface area (Å²) in [5, 5.41) is 1.21. The van der Waals surface area contributed by atoms with Gasteiger partial charge in [0, 0.05) is 17.9 Å². The highest BCUT2D eigenvalue weighted by molar-refractivity contribution is 9.09. The molecular formula is C17H32BrN. The second kappa shape index (κ2) is 8.02. The van der Waals surface area contributed by atoms with E-state index in [1.165, 1.54) is 88.9 Å². The first kappa shape index (κ1) is 15.8. The van der Waals surface area contributed by atoms with E-state index in [0.29, 0.717) is 5.41 Å². The van der Waals surface area contributed by atoms with Crippen LogP contribution in [-0.2, 0) is 0 Å². The molecule has 2 aliphatic rings. The summed E-state index contributed by atoms with van der Waals surface area (Å²) in [5.41, 5.74) is 0.567. The van der Waals surface area contributed by atoms with Crippen LogP contribution in [-0.4, -0.2) is 29.9 Å². The Morgan fingerprint density at radius 2 is 1.42 bits per heavy atom. The minimum atomic E-state index is 0.567. The summed E-state index contributed by atoms with van der Waals surface area (Å²) >= 11 is 3.84. The van der Waals surface area contributed by atoms with Crippen molar-refractivity contribution in [3.05, 3.63) is 0 Å². The largest absolute Gasteiger partial charge is 0.303 e. The fourth-order valence-corrected chi connectivity index (χ4v) is 4.91. The molecule has 0 radical (unpaired) electrons. The molecule has 1 nitrogen and oxygen atoms in total. The highest BCUT2D eigenvalue weighted by Gasteiger charge is 2.32. The minimum Gasteiger partial charge on any atom is -0.303 e. The van der Waals surface area contributed by atoms with Crippen LogP contribution in [0, 0.1) is 5.41 Å². The molecule has 19 heavy (non-hydrogen) atoms. The Bertz CT molecular complexity index is 238. The lowest BCUT2D eigenvalue weighted by molar-refractivity contribution is 0.128. The summed E-state index contributed by atoms with van der Waals surface area (Å²) in [6, 6.07) is 0.863. The fraction of sp³-hybridized carbons (Fsp3) is 1.00. The lowest BCUT2D eigenvalue weighted by Gasteiger charge is -2.38. The third-order valence-electron chi connectivity index (χ3n) is 5.48. The lowest BCUT2D eigenvalue weighted by atomic mass is 9.81. The van der Waals surface area contributed by atoms with Crippen LogP contribution in [0.4, 0.5) is 0 Å². The van der Waals surface area contributed by atoms with E-state index in [0.717, 1.165) is 6.04 Å². The van der Waals surface area contributed by atoms with Crippen molar-refractivity contribution in [1.82, 2.24) is 4.90 Å². The van der Waals surface area contributed by atoms with Gasteiger partial charge in [-0.3, -0.25) is 0 Å². The van der Waals surface area contributed by atoms with Gasteiger partial charge in [-0.25, -0.2) is 0 Å². The maximum absolute atomic E-state index is 3.84. The molecule has 2 aliphatic carbocycles.